The molecule has 1 aliphatic rings. The minimum atomic E-state index is -0.546. The Labute approximate surface area is 131 Å². The maximum atomic E-state index is 12.1. The van der Waals surface area contributed by atoms with Crippen molar-refractivity contribution in [2.75, 3.05) is 12.3 Å². The summed E-state index contributed by atoms with van der Waals surface area (Å²) in [5.41, 5.74) is 7.02. The van der Waals surface area contributed by atoms with Gasteiger partial charge in [0, 0.05) is 6.42 Å². The zero-order valence-corrected chi connectivity index (χ0v) is 12.8. The first-order valence-corrected chi connectivity index (χ1v) is 7.74. The number of carbonyl (C=O) groups is 2. The first-order chi connectivity index (χ1) is 10.6. The van der Waals surface area contributed by atoms with Crippen LogP contribution in [0.2, 0.25) is 0 Å². The Morgan fingerprint density at radius 1 is 1.45 bits per heavy atom. The summed E-state index contributed by atoms with van der Waals surface area (Å²) in [4.78, 5) is 24.1. The summed E-state index contributed by atoms with van der Waals surface area (Å²) in [6.45, 7) is 1.96. The number of benzene rings is 1. The fourth-order valence-corrected chi connectivity index (χ4v) is 3.48. The average Bonchev–Trinajstić information content (AvgIpc) is 2.83. The van der Waals surface area contributed by atoms with E-state index in [4.69, 9.17) is 10.5 Å². The molecule has 1 aromatic heterocycles. The quantitative estimate of drug-likeness (QED) is 0.874. The summed E-state index contributed by atoms with van der Waals surface area (Å²) in [6, 6.07) is 9.32. The fourth-order valence-electron chi connectivity index (χ4n) is 2.47. The van der Waals surface area contributed by atoms with E-state index in [0.29, 0.717) is 11.4 Å². The van der Waals surface area contributed by atoms with Gasteiger partial charge < -0.3 is 10.5 Å². The minimum absolute atomic E-state index is 0.0215. The Bertz CT molecular complexity index is 727. The number of thioether (sulfide) groups is 1. The van der Waals surface area contributed by atoms with Crippen LogP contribution in [0.25, 0.3) is 0 Å². The Hall–Kier alpha value is -2.28. The van der Waals surface area contributed by atoms with Crippen LogP contribution >= 0.6 is 11.8 Å². The number of esters is 1. The van der Waals surface area contributed by atoms with Gasteiger partial charge in [-0.25, -0.2) is 9.48 Å². The highest BCUT2D eigenvalue weighted by molar-refractivity contribution is 8.13. The lowest BCUT2D eigenvalue weighted by atomic mass is 10.0. The van der Waals surface area contributed by atoms with Crippen LogP contribution in [-0.2, 0) is 9.53 Å². The molecule has 0 spiro atoms. The Kier molecular flexibility index (Phi) is 3.89. The minimum Gasteiger partial charge on any atom is -0.462 e. The van der Waals surface area contributed by atoms with Crippen molar-refractivity contribution in [1.29, 1.82) is 0 Å². The molecular formula is C15H15N3O3S. The summed E-state index contributed by atoms with van der Waals surface area (Å²) in [7, 11) is 0. The van der Waals surface area contributed by atoms with Gasteiger partial charge in [0.2, 0.25) is 0 Å². The number of aromatic nitrogens is 2. The third kappa shape index (κ3) is 2.48. The lowest BCUT2D eigenvalue weighted by Gasteiger charge is -2.23. The summed E-state index contributed by atoms with van der Waals surface area (Å²) in [6.07, 6.45) is 0.311. The van der Waals surface area contributed by atoms with Crippen LogP contribution in [0.1, 0.15) is 35.3 Å². The van der Waals surface area contributed by atoms with Gasteiger partial charge in [-0.05, 0) is 24.2 Å². The van der Waals surface area contributed by atoms with E-state index in [0.717, 1.165) is 17.3 Å². The first-order valence-electron chi connectivity index (χ1n) is 6.92. The molecule has 1 aliphatic heterocycles. The van der Waals surface area contributed by atoms with E-state index in [1.165, 1.54) is 0 Å². The Morgan fingerprint density at radius 2 is 2.18 bits per heavy atom. The number of fused-ring (bicyclic) bond motifs is 1. The van der Waals surface area contributed by atoms with Crippen molar-refractivity contribution in [3.05, 3.63) is 41.5 Å². The molecule has 2 aromatic rings. The molecule has 1 unspecified atom stereocenters. The molecule has 0 aliphatic carbocycles. The molecule has 1 atom stereocenters. The monoisotopic (exact) mass is 317 g/mol. The third-order valence-corrected chi connectivity index (χ3v) is 4.40. The molecule has 0 radical (unpaired) electrons. The van der Waals surface area contributed by atoms with Crippen molar-refractivity contribution >= 4 is 28.7 Å². The molecule has 1 aromatic carbocycles. The lowest BCUT2D eigenvalue weighted by molar-refractivity contribution is -0.111. The van der Waals surface area contributed by atoms with E-state index in [1.807, 2.05) is 30.3 Å². The van der Waals surface area contributed by atoms with Gasteiger partial charge >= 0.3 is 5.97 Å². The molecule has 0 amide bonds. The summed E-state index contributed by atoms with van der Waals surface area (Å²) in [5, 5.41) is 4.71. The fraction of sp³-hybridized carbons (Fsp3) is 0.267. The summed E-state index contributed by atoms with van der Waals surface area (Å²) in [5.74, 6) is -0.452. The van der Waals surface area contributed by atoms with Gasteiger partial charge in [0.1, 0.15) is 10.6 Å². The Morgan fingerprint density at radius 3 is 2.86 bits per heavy atom. The zero-order valence-electron chi connectivity index (χ0n) is 12.0. The predicted molar refractivity (Wildman–Crippen MR) is 82.7 cm³/mol. The van der Waals surface area contributed by atoms with Crippen molar-refractivity contribution < 1.29 is 14.3 Å². The maximum absolute atomic E-state index is 12.1. The van der Waals surface area contributed by atoms with E-state index >= 15 is 0 Å². The van der Waals surface area contributed by atoms with Crippen molar-refractivity contribution in [2.45, 2.75) is 24.4 Å². The van der Waals surface area contributed by atoms with E-state index in [9.17, 15) is 9.59 Å². The van der Waals surface area contributed by atoms with Gasteiger partial charge in [-0.2, -0.15) is 5.10 Å². The molecule has 0 saturated heterocycles. The summed E-state index contributed by atoms with van der Waals surface area (Å²) >= 11 is 0.993. The second kappa shape index (κ2) is 5.84. The highest BCUT2D eigenvalue weighted by Gasteiger charge is 2.34. The lowest BCUT2D eigenvalue weighted by Crippen LogP contribution is -2.21. The SMILES string of the molecule is CCOC(=O)c1c(N)nn2c1SC(=O)CC2c1ccccc1. The standard InChI is InChI=1S/C15H15N3O3S/c1-2-21-15(20)12-13(16)17-18-10(8-11(19)22-14(12)18)9-6-4-3-5-7-9/h3-7,10H,2,8H2,1H3,(H2,16,17). The van der Waals surface area contributed by atoms with Gasteiger partial charge in [-0.15, -0.1) is 0 Å². The van der Waals surface area contributed by atoms with E-state index < -0.39 is 5.97 Å². The number of rotatable bonds is 3. The van der Waals surface area contributed by atoms with E-state index in [2.05, 4.69) is 5.10 Å². The van der Waals surface area contributed by atoms with Gasteiger partial charge in [-0.3, -0.25) is 4.79 Å². The number of nitrogen functional groups attached to an aromatic ring is 1. The van der Waals surface area contributed by atoms with E-state index in [-0.39, 0.29) is 29.1 Å². The number of ether oxygens (including phenoxy) is 1. The Balaban J connectivity index is 2.10. The largest absolute Gasteiger partial charge is 0.462 e. The van der Waals surface area contributed by atoms with Crippen LogP contribution in [0.5, 0.6) is 0 Å². The summed E-state index contributed by atoms with van der Waals surface area (Å²) < 4.78 is 6.67. The van der Waals surface area contributed by atoms with Crippen molar-refractivity contribution in [3.63, 3.8) is 0 Å². The average molecular weight is 317 g/mol. The molecule has 6 nitrogen and oxygen atoms in total. The molecule has 3 rings (SSSR count). The maximum Gasteiger partial charge on any atom is 0.344 e. The number of nitrogens with zero attached hydrogens (tertiary/aromatic N) is 2. The normalized spacial score (nSPS) is 17.1. The van der Waals surface area contributed by atoms with Crippen molar-refractivity contribution in [2.24, 2.45) is 0 Å². The molecule has 2 N–H and O–H groups in total. The van der Waals surface area contributed by atoms with Crippen LogP contribution in [-0.4, -0.2) is 27.5 Å². The second-order valence-electron chi connectivity index (χ2n) is 4.84. The third-order valence-electron chi connectivity index (χ3n) is 3.42. The molecule has 0 fully saturated rings. The smallest absolute Gasteiger partial charge is 0.344 e. The number of nitrogens with two attached hydrogens (primary N) is 1. The van der Waals surface area contributed by atoms with Gasteiger partial charge in [0.25, 0.3) is 0 Å². The predicted octanol–water partition coefficient (Wildman–Crippen LogP) is 2.25. The highest BCUT2D eigenvalue weighted by atomic mass is 32.2. The molecule has 0 saturated carbocycles. The first kappa shape index (κ1) is 14.6. The number of hydrogen-bond acceptors (Lipinski definition) is 6. The highest BCUT2D eigenvalue weighted by Crippen LogP contribution is 2.40. The van der Waals surface area contributed by atoms with E-state index in [1.54, 1.807) is 11.6 Å². The molecule has 2 heterocycles. The zero-order chi connectivity index (χ0) is 15.7. The van der Waals surface area contributed by atoms with Crippen LogP contribution < -0.4 is 5.73 Å². The van der Waals surface area contributed by atoms with Crippen LogP contribution in [0.15, 0.2) is 35.4 Å². The number of anilines is 1. The second-order valence-corrected chi connectivity index (χ2v) is 5.88. The number of hydrogen-bond donors (Lipinski definition) is 1. The number of carbonyl (C=O) groups excluding carboxylic acids is 2. The van der Waals surface area contributed by atoms with Gasteiger partial charge in [0.15, 0.2) is 10.9 Å². The molecular weight excluding hydrogens is 302 g/mol. The molecule has 7 heteroatoms. The van der Waals surface area contributed by atoms with Gasteiger partial charge in [0.05, 0.1) is 12.6 Å². The van der Waals surface area contributed by atoms with Crippen LogP contribution in [0, 0.1) is 0 Å². The van der Waals surface area contributed by atoms with Crippen molar-refractivity contribution in [3.8, 4) is 0 Å². The van der Waals surface area contributed by atoms with Crippen molar-refractivity contribution in [1.82, 2.24) is 9.78 Å². The molecule has 22 heavy (non-hydrogen) atoms. The molecule has 0 bridgehead atoms. The topological polar surface area (TPSA) is 87.2 Å². The van der Waals surface area contributed by atoms with Crippen LogP contribution in [0.4, 0.5) is 5.82 Å². The van der Waals surface area contributed by atoms with Gasteiger partial charge in [-0.1, -0.05) is 30.3 Å². The van der Waals surface area contributed by atoms with Crippen LogP contribution in [0.3, 0.4) is 0 Å². The molecule has 114 valence electrons.